The van der Waals surface area contributed by atoms with Crippen molar-refractivity contribution in [3.8, 4) is 11.1 Å². The van der Waals surface area contributed by atoms with Crippen molar-refractivity contribution in [2.24, 2.45) is 0 Å². The summed E-state index contributed by atoms with van der Waals surface area (Å²) in [4.78, 5) is 0. The Morgan fingerprint density at radius 3 is 2.12 bits per heavy atom. The summed E-state index contributed by atoms with van der Waals surface area (Å²) in [5.74, 6) is 0. The maximum Gasteiger partial charge on any atom is 1.00 e. The van der Waals surface area contributed by atoms with Gasteiger partial charge in [0, 0.05) is 0 Å². The summed E-state index contributed by atoms with van der Waals surface area (Å²) >= 11 is 0. The van der Waals surface area contributed by atoms with Gasteiger partial charge in [-0.2, -0.15) is 30.3 Å². The molecule has 17 heavy (non-hydrogen) atoms. The van der Waals surface area contributed by atoms with E-state index in [1.807, 2.05) is 12.1 Å². The van der Waals surface area contributed by atoms with Crippen molar-refractivity contribution in [2.45, 2.75) is 0 Å². The van der Waals surface area contributed by atoms with Gasteiger partial charge in [0.05, 0.1) is 0 Å². The molecule has 0 aliphatic rings. The summed E-state index contributed by atoms with van der Waals surface area (Å²) in [6.07, 6.45) is 0. The second-order valence-corrected chi connectivity index (χ2v) is 3.85. The predicted octanol–water partition coefficient (Wildman–Crippen LogP) is 1.31. The summed E-state index contributed by atoms with van der Waals surface area (Å²) in [7, 11) is 0. The largest absolute Gasteiger partial charge is 1.00 e. The van der Waals surface area contributed by atoms with Gasteiger partial charge >= 0.3 is 18.9 Å². The zero-order chi connectivity index (χ0) is 10.8. The summed E-state index contributed by atoms with van der Waals surface area (Å²) in [6, 6.07) is 26.1. The molecule has 0 aliphatic heterocycles. The Hall–Kier alpha value is -1.48. The van der Waals surface area contributed by atoms with E-state index >= 15 is 0 Å². The van der Waals surface area contributed by atoms with E-state index in [1.165, 1.54) is 21.9 Å². The number of hydrogen-bond donors (Lipinski definition) is 0. The fourth-order valence-corrected chi connectivity index (χ4v) is 1.95. The second-order valence-electron chi connectivity index (χ2n) is 3.85. The van der Waals surface area contributed by atoms with E-state index in [9.17, 15) is 0 Å². The first-order valence-electron chi connectivity index (χ1n) is 5.39. The van der Waals surface area contributed by atoms with Crippen molar-refractivity contribution < 1.29 is 18.9 Å². The van der Waals surface area contributed by atoms with Crippen LogP contribution >= 0.6 is 0 Å². The molecule has 3 aromatic rings. The van der Waals surface area contributed by atoms with Crippen LogP contribution in [0.4, 0.5) is 0 Å². The molecule has 3 rings (SSSR count). The summed E-state index contributed by atoms with van der Waals surface area (Å²) < 4.78 is 0. The smallest absolute Gasteiger partial charge is 0.184 e. The Kier molecular flexibility index (Phi) is 3.69. The minimum absolute atomic E-state index is 0. The summed E-state index contributed by atoms with van der Waals surface area (Å²) in [5.41, 5.74) is 2.50. The molecule has 0 spiro atoms. The van der Waals surface area contributed by atoms with E-state index < -0.39 is 0 Å². The SMILES string of the molecule is [Li+].[c-]1ccc(-c2ccc3ccccc3c2)cc1. The van der Waals surface area contributed by atoms with Crippen LogP contribution < -0.4 is 18.9 Å². The Morgan fingerprint density at radius 1 is 0.647 bits per heavy atom. The summed E-state index contributed by atoms with van der Waals surface area (Å²) in [5, 5.41) is 2.57. The van der Waals surface area contributed by atoms with Crippen molar-refractivity contribution in [3.05, 3.63) is 72.8 Å². The number of benzene rings is 3. The molecule has 0 amide bonds. The predicted molar refractivity (Wildman–Crippen MR) is 68.2 cm³/mol. The van der Waals surface area contributed by atoms with E-state index in [0.29, 0.717) is 0 Å². The van der Waals surface area contributed by atoms with E-state index in [-0.39, 0.29) is 18.9 Å². The van der Waals surface area contributed by atoms with Crippen LogP contribution in [0.3, 0.4) is 0 Å². The van der Waals surface area contributed by atoms with E-state index in [0.717, 1.165) is 0 Å². The van der Waals surface area contributed by atoms with Gasteiger partial charge in [-0.3, -0.25) is 0 Å². The Labute approximate surface area is 113 Å². The number of fused-ring (bicyclic) bond motifs is 1. The normalized spacial score (nSPS) is 9.88. The maximum absolute atomic E-state index is 3.04. The third-order valence-electron chi connectivity index (χ3n) is 2.80. The van der Waals surface area contributed by atoms with Crippen LogP contribution in [0.1, 0.15) is 0 Å². The first-order valence-corrected chi connectivity index (χ1v) is 5.39. The first kappa shape index (κ1) is 12.0. The van der Waals surface area contributed by atoms with Crippen LogP contribution in [0.5, 0.6) is 0 Å². The fourth-order valence-electron chi connectivity index (χ4n) is 1.95. The van der Waals surface area contributed by atoms with Gasteiger partial charge in [0.15, 0.2) is 0 Å². The minimum atomic E-state index is 0. The Morgan fingerprint density at radius 2 is 1.35 bits per heavy atom. The van der Waals surface area contributed by atoms with Gasteiger partial charge in [-0.25, -0.2) is 0 Å². The molecule has 0 radical (unpaired) electrons. The average molecular weight is 210 g/mol. The monoisotopic (exact) mass is 210 g/mol. The molecule has 0 aromatic heterocycles. The molecular formula is C16H11Li. The molecule has 3 aromatic carbocycles. The van der Waals surface area contributed by atoms with E-state index in [1.54, 1.807) is 0 Å². The zero-order valence-corrected chi connectivity index (χ0v) is 9.85. The van der Waals surface area contributed by atoms with Crippen LogP contribution in [-0.2, 0) is 0 Å². The minimum Gasteiger partial charge on any atom is -0.184 e. The molecule has 0 saturated carbocycles. The topological polar surface area (TPSA) is 0 Å². The van der Waals surface area contributed by atoms with Gasteiger partial charge in [0.1, 0.15) is 0 Å². The van der Waals surface area contributed by atoms with Crippen molar-refractivity contribution in [1.82, 2.24) is 0 Å². The molecule has 0 nitrogen and oxygen atoms in total. The van der Waals surface area contributed by atoms with Crippen molar-refractivity contribution >= 4 is 10.8 Å². The van der Waals surface area contributed by atoms with Crippen LogP contribution in [0, 0.1) is 6.07 Å². The molecule has 0 aliphatic carbocycles. The van der Waals surface area contributed by atoms with Crippen molar-refractivity contribution in [2.75, 3.05) is 0 Å². The quantitative estimate of drug-likeness (QED) is 0.419. The third kappa shape index (κ3) is 2.44. The van der Waals surface area contributed by atoms with Gasteiger partial charge < -0.3 is 0 Å². The molecule has 0 heterocycles. The van der Waals surface area contributed by atoms with Crippen LogP contribution in [0.25, 0.3) is 21.9 Å². The van der Waals surface area contributed by atoms with Crippen LogP contribution in [0.2, 0.25) is 0 Å². The van der Waals surface area contributed by atoms with E-state index in [4.69, 9.17) is 0 Å². The van der Waals surface area contributed by atoms with Crippen molar-refractivity contribution in [1.29, 1.82) is 0 Å². The Bertz CT molecular complexity index is 615. The summed E-state index contributed by atoms with van der Waals surface area (Å²) in [6.45, 7) is 0. The second kappa shape index (κ2) is 5.23. The molecule has 0 bridgehead atoms. The molecule has 0 saturated heterocycles. The standard InChI is InChI=1S/C16H11.Li/c1-2-6-13(7-3-1)16-11-10-14-8-4-5-9-15(14)12-16;/h2-12H;/q-1;+1. The number of hydrogen-bond acceptors (Lipinski definition) is 0. The van der Waals surface area contributed by atoms with Gasteiger partial charge in [-0.1, -0.05) is 36.4 Å². The number of rotatable bonds is 1. The van der Waals surface area contributed by atoms with Gasteiger partial charge in [0.25, 0.3) is 0 Å². The molecule has 0 fully saturated rings. The van der Waals surface area contributed by atoms with Crippen LogP contribution in [0.15, 0.2) is 66.7 Å². The van der Waals surface area contributed by atoms with Gasteiger partial charge in [-0.05, 0) is 22.4 Å². The first-order chi connectivity index (χ1) is 7.93. The molecule has 0 N–H and O–H groups in total. The zero-order valence-electron chi connectivity index (χ0n) is 9.85. The van der Waals surface area contributed by atoms with Crippen LogP contribution in [-0.4, -0.2) is 0 Å². The average Bonchev–Trinajstić information content (AvgIpc) is 2.39. The van der Waals surface area contributed by atoms with Gasteiger partial charge in [0.2, 0.25) is 0 Å². The Balaban J connectivity index is 0.00000108. The molecule has 1 heteroatoms. The molecule has 0 atom stereocenters. The van der Waals surface area contributed by atoms with Crippen molar-refractivity contribution in [3.63, 3.8) is 0 Å². The molecule has 76 valence electrons. The molecular weight excluding hydrogens is 199 g/mol. The third-order valence-corrected chi connectivity index (χ3v) is 2.80. The molecule has 0 unspecified atom stereocenters. The fraction of sp³-hybridized carbons (Fsp3) is 0. The maximum atomic E-state index is 3.04. The van der Waals surface area contributed by atoms with E-state index in [2.05, 4.69) is 60.7 Å². The van der Waals surface area contributed by atoms with Gasteiger partial charge in [-0.15, -0.1) is 5.56 Å².